The van der Waals surface area contributed by atoms with Crippen molar-refractivity contribution >= 4 is 40.7 Å². The van der Waals surface area contributed by atoms with Crippen molar-refractivity contribution in [1.82, 2.24) is 0 Å². The molecule has 2 aliphatic rings. The van der Waals surface area contributed by atoms with Gasteiger partial charge in [0.25, 0.3) is 0 Å². The largest absolute Gasteiger partial charge is 0.459 e. The second-order valence-corrected chi connectivity index (χ2v) is 16.0. The van der Waals surface area contributed by atoms with Crippen molar-refractivity contribution in [2.75, 3.05) is 6.16 Å². The highest BCUT2D eigenvalue weighted by Crippen LogP contribution is 2.58. The third kappa shape index (κ3) is 7.34. The Labute approximate surface area is 274 Å². The topological polar surface area (TPSA) is 52.6 Å². The number of carbonyl (C=O) groups excluding carboxylic acids is 2. The minimum atomic E-state index is -2.47. The molecule has 0 amide bonds. The Morgan fingerprint density at radius 3 is 1.22 bits per heavy atom. The first kappa shape index (κ1) is 32.0. The number of carbonyl (C=O) groups is 2. The van der Waals surface area contributed by atoms with Crippen LogP contribution in [0.25, 0.3) is 5.57 Å². The van der Waals surface area contributed by atoms with Crippen LogP contribution in [0.3, 0.4) is 0 Å². The molecule has 46 heavy (non-hydrogen) atoms. The number of benzene rings is 4. The molecular formula is C41H44O4P+. The van der Waals surface area contributed by atoms with Gasteiger partial charge in [0.15, 0.2) is 5.57 Å². The van der Waals surface area contributed by atoms with Crippen molar-refractivity contribution in [3.8, 4) is 0 Å². The molecular weight excluding hydrogens is 587 g/mol. The van der Waals surface area contributed by atoms with Gasteiger partial charge in [0, 0.05) is 5.57 Å². The van der Waals surface area contributed by atoms with Crippen LogP contribution in [0.15, 0.2) is 127 Å². The average Bonchev–Trinajstić information content (AvgIpc) is 3.12. The van der Waals surface area contributed by atoms with Crippen molar-refractivity contribution in [2.24, 2.45) is 0 Å². The molecule has 4 aromatic carbocycles. The lowest BCUT2D eigenvalue weighted by Crippen LogP contribution is -2.35. The minimum Gasteiger partial charge on any atom is -0.459 e. The molecule has 0 aromatic heterocycles. The second-order valence-electron chi connectivity index (χ2n) is 12.5. The number of rotatable bonds is 10. The first-order valence-electron chi connectivity index (χ1n) is 16.9. The first-order valence-corrected chi connectivity index (χ1v) is 18.9. The Morgan fingerprint density at radius 2 is 0.848 bits per heavy atom. The van der Waals surface area contributed by atoms with Crippen molar-refractivity contribution < 1.29 is 19.1 Å². The molecule has 0 spiro atoms. The summed E-state index contributed by atoms with van der Waals surface area (Å²) in [6, 6.07) is 41.7. The highest BCUT2D eigenvalue weighted by molar-refractivity contribution is 7.96. The van der Waals surface area contributed by atoms with Crippen LogP contribution in [0.2, 0.25) is 0 Å². The zero-order valence-corrected chi connectivity index (χ0v) is 27.5. The SMILES string of the molecule is O=C(OC1CCCCC1)C(C(=O)OC1CCCCC1)=C(C[P+](c1ccccc1)(c1ccccc1)c1ccccc1)c1ccccc1. The molecule has 236 valence electrons. The Morgan fingerprint density at radius 1 is 0.500 bits per heavy atom. The van der Waals surface area contributed by atoms with Crippen LogP contribution < -0.4 is 15.9 Å². The summed E-state index contributed by atoms with van der Waals surface area (Å²) in [6.45, 7) is 0. The predicted octanol–water partition coefficient (Wildman–Crippen LogP) is 8.19. The molecule has 6 rings (SSSR count). The molecule has 0 N–H and O–H groups in total. The van der Waals surface area contributed by atoms with Gasteiger partial charge >= 0.3 is 11.9 Å². The smallest absolute Gasteiger partial charge is 0.346 e. The monoisotopic (exact) mass is 631 g/mol. The number of hydrogen-bond donors (Lipinski definition) is 0. The second kappa shape index (κ2) is 15.5. The van der Waals surface area contributed by atoms with Crippen molar-refractivity contribution in [2.45, 2.75) is 76.4 Å². The maximum atomic E-state index is 14.4. The van der Waals surface area contributed by atoms with E-state index in [-0.39, 0.29) is 17.8 Å². The van der Waals surface area contributed by atoms with Gasteiger partial charge in [0.1, 0.15) is 41.5 Å². The average molecular weight is 632 g/mol. The Bertz CT molecular complexity index is 1460. The highest BCUT2D eigenvalue weighted by Gasteiger charge is 2.48. The van der Waals surface area contributed by atoms with Gasteiger partial charge in [-0.1, -0.05) is 97.8 Å². The Kier molecular flexibility index (Phi) is 10.8. The molecule has 0 aliphatic heterocycles. The zero-order chi connectivity index (χ0) is 31.6. The number of hydrogen-bond acceptors (Lipinski definition) is 4. The molecule has 2 aliphatic carbocycles. The molecule has 0 heterocycles. The van der Waals surface area contributed by atoms with Gasteiger partial charge in [0.2, 0.25) is 0 Å². The quantitative estimate of drug-likeness (QED) is 0.0583. The van der Waals surface area contributed by atoms with E-state index in [2.05, 4.69) is 72.8 Å². The summed E-state index contributed by atoms with van der Waals surface area (Å²) in [5.41, 5.74) is 1.58. The van der Waals surface area contributed by atoms with Crippen molar-refractivity contribution in [1.29, 1.82) is 0 Å². The lowest BCUT2D eigenvalue weighted by Gasteiger charge is -2.30. The van der Waals surface area contributed by atoms with Gasteiger partial charge in [-0.15, -0.1) is 0 Å². The highest BCUT2D eigenvalue weighted by atomic mass is 31.2. The zero-order valence-electron chi connectivity index (χ0n) is 26.6. The Balaban J connectivity index is 1.58. The van der Waals surface area contributed by atoms with Crippen LogP contribution in [0, 0.1) is 0 Å². The fourth-order valence-corrected chi connectivity index (χ4v) is 11.4. The molecule has 0 radical (unpaired) electrons. The molecule has 4 aromatic rings. The summed E-state index contributed by atoms with van der Waals surface area (Å²) in [5.74, 6) is -1.11. The van der Waals surface area contributed by atoms with Gasteiger partial charge in [-0.05, 0) is 93.3 Å². The van der Waals surface area contributed by atoms with E-state index < -0.39 is 19.2 Å². The van der Waals surface area contributed by atoms with Gasteiger partial charge < -0.3 is 9.47 Å². The summed E-state index contributed by atoms with van der Waals surface area (Å²) in [7, 11) is -2.47. The maximum Gasteiger partial charge on any atom is 0.346 e. The van der Waals surface area contributed by atoms with Crippen molar-refractivity contribution in [3.63, 3.8) is 0 Å². The maximum absolute atomic E-state index is 14.4. The van der Waals surface area contributed by atoms with E-state index in [1.807, 2.05) is 48.5 Å². The molecule has 0 saturated heterocycles. The number of allylic oxidation sites excluding steroid dienone is 1. The van der Waals surface area contributed by atoms with Gasteiger partial charge in [-0.25, -0.2) is 9.59 Å². The van der Waals surface area contributed by atoms with E-state index in [1.165, 1.54) is 15.9 Å². The normalized spacial score (nSPS) is 15.9. The fourth-order valence-electron chi connectivity index (χ4n) is 7.08. The Hall–Kier alpha value is -4.01. The summed E-state index contributed by atoms with van der Waals surface area (Å²) in [4.78, 5) is 28.9. The molecule has 0 atom stereocenters. The lowest BCUT2D eigenvalue weighted by atomic mass is 9.96. The molecule has 2 saturated carbocycles. The van der Waals surface area contributed by atoms with Crippen LogP contribution in [-0.2, 0) is 19.1 Å². The molecule has 0 unspecified atom stereocenters. The van der Waals surface area contributed by atoms with Crippen LogP contribution >= 0.6 is 7.26 Å². The van der Waals surface area contributed by atoms with E-state index in [0.29, 0.717) is 11.7 Å². The van der Waals surface area contributed by atoms with Gasteiger partial charge in [0.05, 0.1) is 0 Å². The van der Waals surface area contributed by atoms with Gasteiger partial charge in [-0.3, -0.25) is 0 Å². The van der Waals surface area contributed by atoms with E-state index in [9.17, 15) is 9.59 Å². The standard InChI is InChI=1S/C41H44O4P/c42-40(44-33-21-9-2-10-22-33)39(41(43)45-34-23-11-3-12-24-34)38(32-19-7-1-8-20-32)31-46(35-25-13-4-14-26-35,36-27-15-5-16-28-36)37-29-17-6-18-30-37/h1,4-8,13-20,25-30,33-34H,2-3,9-12,21-24,31H2/q+1. The number of esters is 2. The summed E-state index contributed by atoms with van der Waals surface area (Å²) in [6.07, 6.45) is 9.79. The third-order valence-electron chi connectivity index (χ3n) is 9.47. The lowest BCUT2D eigenvalue weighted by molar-refractivity contribution is -0.154. The van der Waals surface area contributed by atoms with E-state index >= 15 is 0 Å². The number of ether oxygens (including phenoxy) is 2. The minimum absolute atomic E-state index is 0.0505. The predicted molar refractivity (Wildman–Crippen MR) is 189 cm³/mol. The van der Waals surface area contributed by atoms with Crippen LogP contribution in [0.4, 0.5) is 0 Å². The van der Waals surface area contributed by atoms with E-state index in [1.54, 1.807) is 0 Å². The van der Waals surface area contributed by atoms with Crippen LogP contribution in [-0.4, -0.2) is 30.3 Å². The van der Waals surface area contributed by atoms with E-state index in [4.69, 9.17) is 9.47 Å². The first-order chi connectivity index (χ1) is 22.6. The van der Waals surface area contributed by atoms with Crippen molar-refractivity contribution in [3.05, 3.63) is 132 Å². The molecule has 5 heteroatoms. The molecule has 4 nitrogen and oxygen atoms in total. The fraction of sp³-hybridized carbons (Fsp3) is 0.317. The summed E-state index contributed by atoms with van der Waals surface area (Å²) >= 11 is 0. The van der Waals surface area contributed by atoms with E-state index in [0.717, 1.165) is 69.8 Å². The molecule has 0 bridgehead atoms. The third-order valence-corrected chi connectivity index (χ3v) is 13.8. The van der Waals surface area contributed by atoms with Crippen LogP contribution in [0.1, 0.15) is 69.8 Å². The van der Waals surface area contributed by atoms with Crippen LogP contribution in [0.5, 0.6) is 0 Å². The summed E-state index contributed by atoms with van der Waals surface area (Å²) < 4.78 is 12.4. The molecule has 2 fully saturated rings. The van der Waals surface area contributed by atoms with Gasteiger partial charge in [-0.2, -0.15) is 0 Å². The summed E-state index contributed by atoms with van der Waals surface area (Å²) in [5, 5.41) is 3.55.